The highest BCUT2D eigenvalue weighted by Crippen LogP contribution is 2.34. The average molecular weight is 407 g/mol. The third kappa shape index (κ3) is 6.25. The van der Waals surface area contributed by atoms with Crippen LogP contribution >= 0.6 is 0 Å². The number of hydrogen-bond donors (Lipinski definition) is 0. The first-order valence-corrected chi connectivity index (χ1v) is 8.98. The van der Waals surface area contributed by atoms with E-state index in [1.54, 1.807) is 24.3 Å². The van der Waals surface area contributed by atoms with E-state index in [2.05, 4.69) is 4.74 Å². The fourth-order valence-electron chi connectivity index (χ4n) is 2.74. The minimum Gasteiger partial charge on any atom is -0.486 e. The fourth-order valence-corrected chi connectivity index (χ4v) is 2.74. The van der Waals surface area contributed by atoms with Gasteiger partial charge >= 0.3 is 6.18 Å². The average Bonchev–Trinajstić information content (AvgIpc) is 2.70. The van der Waals surface area contributed by atoms with Gasteiger partial charge in [0, 0.05) is 18.3 Å². The predicted octanol–water partition coefficient (Wildman–Crippen LogP) is 4.08. The summed E-state index contributed by atoms with van der Waals surface area (Å²) in [6, 6.07) is 14.4. The minimum absolute atomic E-state index is 0.156. The van der Waals surface area contributed by atoms with Gasteiger partial charge in [-0.1, -0.05) is 42.5 Å². The summed E-state index contributed by atoms with van der Waals surface area (Å²) in [5.74, 6) is 0.444. The van der Waals surface area contributed by atoms with Gasteiger partial charge in [0.2, 0.25) is 0 Å². The van der Waals surface area contributed by atoms with Crippen molar-refractivity contribution >= 4 is 17.7 Å². The maximum atomic E-state index is 12.6. The molecular weight excluding hydrogens is 387 g/mol. The van der Waals surface area contributed by atoms with Gasteiger partial charge in [-0.3, -0.25) is 4.79 Å². The normalized spacial score (nSPS) is 13.5. The number of carbonyl (C=O) groups is 1. The number of alkyl halides is 3. The number of benzene rings is 2. The molecule has 0 N–H and O–H groups in total. The third-order valence-electron chi connectivity index (χ3n) is 4.03. The van der Waals surface area contributed by atoms with Crippen molar-refractivity contribution in [3.8, 4) is 11.5 Å². The van der Waals surface area contributed by atoms with Crippen molar-refractivity contribution in [3.63, 3.8) is 0 Å². The second-order valence-electron chi connectivity index (χ2n) is 6.25. The van der Waals surface area contributed by atoms with Crippen LogP contribution in [0.15, 0.2) is 54.6 Å². The van der Waals surface area contributed by atoms with E-state index in [4.69, 9.17) is 9.47 Å². The second kappa shape index (κ2) is 9.47. The van der Waals surface area contributed by atoms with Gasteiger partial charge in [-0.2, -0.15) is 13.2 Å². The van der Waals surface area contributed by atoms with Crippen LogP contribution in [0, 0.1) is 0 Å². The Morgan fingerprint density at radius 2 is 1.79 bits per heavy atom. The number of anilines is 1. The molecule has 0 bridgehead atoms. The zero-order valence-electron chi connectivity index (χ0n) is 15.5. The molecule has 0 fully saturated rings. The number of ether oxygens (including phenoxy) is 3. The SMILES string of the molecule is O=C(COCC(F)(F)F)N(C/C=C/c1ccccc1)c1ccc2c(c1)OCCO2. The van der Waals surface area contributed by atoms with Gasteiger partial charge in [-0.15, -0.1) is 0 Å². The van der Waals surface area contributed by atoms with E-state index in [9.17, 15) is 18.0 Å². The molecular formula is C21H20F3NO4. The van der Waals surface area contributed by atoms with Crippen LogP contribution in [0.2, 0.25) is 0 Å². The molecule has 0 radical (unpaired) electrons. The molecule has 1 amide bonds. The van der Waals surface area contributed by atoms with E-state index in [-0.39, 0.29) is 6.54 Å². The van der Waals surface area contributed by atoms with Crippen LogP contribution in [-0.2, 0) is 9.53 Å². The summed E-state index contributed by atoms with van der Waals surface area (Å²) < 4.78 is 52.5. The molecule has 1 heterocycles. The summed E-state index contributed by atoms with van der Waals surface area (Å²) in [4.78, 5) is 13.9. The van der Waals surface area contributed by atoms with E-state index >= 15 is 0 Å². The van der Waals surface area contributed by atoms with Crippen LogP contribution in [0.1, 0.15) is 5.56 Å². The highest BCUT2D eigenvalue weighted by molar-refractivity contribution is 5.95. The van der Waals surface area contributed by atoms with Crippen LogP contribution in [0.25, 0.3) is 6.08 Å². The third-order valence-corrected chi connectivity index (χ3v) is 4.03. The largest absolute Gasteiger partial charge is 0.486 e. The maximum absolute atomic E-state index is 12.6. The zero-order valence-corrected chi connectivity index (χ0v) is 15.5. The van der Waals surface area contributed by atoms with E-state index in [0.29, 0.717) is 30.4 Å². The minimum atomic E-state index is -4.49. The smallest absolute Gasteiger partial charge is 0.411 e. The highest BCUT2D eigenvalue weighted by atomic mass is 19.4. The molecule has 0 atom stereocenters. The Bertz CT molecular complexity index is 853. The molecule has 2 aromatic carbocycles. The number of nitrogens with zero attached hydrogens (tertiary/aromatic N) is 1. The summed E-state index contributed by atoms with van der Waals surface area (Å²) in [6.45, 7) is -1.20. The van der Waals surface area contributed by atoms with E-state index in [1.807, 2.05) is 36.4 Å². The molecule has 0 unspecified atom stereocenters. The first kappa shape index (κ1) is 20.7. The van der Waals surface area contributed by atoms with Crippen molar-refractivity contribution in [3.05, 3.63) is 60.2 Å². The lowest BCUT2D eigenvalue weighted by Crippen LogP contribution is -2.35. The van der Waals surface area contributed by atoms with Crippen LogP contribution < -0.4 is 14.4 Å². The monoisotopic (exact) mass is 407 g/mol. The van der Waals surface area contributed by atoms with Crippen molar-refractivity contribution in [2.75, 3.05) is 37.9 Å². The molecule has 0 saturated heterocycles. The molecule has 1 aliphatic heterocycles. The van der Waals surface area contributed by atoms with Gasteiger partial charge in [0.1, 0.15) is 26.4 Å². The Kier molecular flexibility index (Phi) is 6.77. The predicted molar refractivity (Wildman–Crippen MR) is 102 cm³/mol. The van der Waals surface area contributed by atoms with Crippen LogP contribution in [0.4, 0.5) is 18.9 Å². The van der Waals surface area contributed by atoms with Gasteiger partial charge < -0.3 is 19.1 Å². The van der Waals surface area contributed by atoms with Gasteiger partial charge in [0.25, 0.3) is 5.91 Å². The zero-order chi connectivity index (χ0) is 20.7. The summed E-state index contributed by atoms with van der Waals surface area (Å²) in [7, 11) is 0. The highest BCUT2D eigenvalue weighted by Gasteiger charge is 2.28. The molecule has 0 saturated carbocycles. The summed E-state index contributed by atoms with van der Waals surface area (Å²) in [5, 5.41) is 0. The molecule has 29 heavy (non-hydrogen) atoms. The molecule has 0 aromatic heterocycles. The fraction of sp³-hybridized carbons (Fsp3) is 0.286. The Balaban J connectivity index is 1.75. The summed E-state index contributed by atoms with van der Waals surface area (Å²) >= 11 is 0. The summed E-state index contributed by atoms with van der Waals surface area (Å²) in [6.07, 6.45) is -0.905. The quantitative estimate of drug-likeness (QED) is 0.694. The molecule has 0 spiro atoms. The summed E-state index contributed by atoms with van der Waals surface area (Å²) in [5.41, 5.74) is 1.42. The number of rotatable bonds is 7. The molecule has 0 aliphatic carbocycles. The molecule has 8 heteroatoms. The number of hydrogen-bond acceptors (Lipinski definition) is 4. The lowest BCUT2D eigenvalue weighted by molar-refractivity contribution is -0.175. The van der Waals surface area contributed by atoms with Crippen molar-refractivity contribution in [2.45, 2.75) is 6.18 Å². The molecule has 2 aromatic rings. The number of fused-ring (bicyclic) bond motifs is 1. The topological polar surface area (TPSA) is 48.0 Å². The van der Waals surface area contributed by atoms with Crippen molar-refractivity contribution < 1.29 is 32.2 Å². The van der Waals surface area contributed by atoms with Crippen LogP contribution in [-0.4, -0.2) is 45.1 Å². The van der Waals surface area contributed by atoms with Crippen LogP contribution in [0.3, 0.4) is 0 Å². The molecule has 154 valence electrons. The lowest BCUT2D eigenvalue weighted by Gasteiger charge is -2.24. The molecule has 1 aliphatic rings. The Morgan fingerprint density at radius 3 is 2.52 bits per heavy atom. The van der Waals surface area contributed by atoms with Crippen molar-refractivity contribution in [1.82, 2.24) is 0 Å². The van der Waals surface area contributed by atoms with Gasteiger partial charge in [0.05, 0.1) is 0 Å². The first-order valence-electron chi connectivity index (χ1n) is 8.98. The number of carbonyl (C=O) groups excluding carboxylic acids is 1. The Morgan fingerprint density at radius 1 is 1.07 bits per heavy atom. The second-order valence-corrected chi connectivity index (χ2v) is 6.25. The lowest BCUT2D eigenvalue weighted by atomic mass is 10.2. The standard InChI is InChI=1S/C21H20F3NO4/c22-21(23,24)15-27-14-20(26)25(10-4-7-16-5-2-1-3-6-16)17-8-9-18-19(13-17)29-12-11-28-18/h1-9,13H,10-12,14-15H2/b7-4+. The van der Waals surface area contributed by atoms with Crippen molar-refractivity contribution in [2.24, 2.45) is 0 Å². The van der Waals surface area contributed by atoms with E-state index in [1.165, 1.54) is 4.90 Å². The number of amides is 1. The molecule has 5 nitrogen and oxygen atoms in total. The van der Waals surface area contributed by atoms with Gasteiger partial charge in [0.15, 0.2) is 11.5 Å². The number of halogens is 3. The molecule has 3 rings (SSSR count). The van der Waals surface area contributed by atoms with Crippen LogP contribution in [0.5, 0.6) is 11.5 Å². The van der Waals surface area contributed by atoms with Gasteiger partial charge in [-0.05, 0) is 17.7 Å². The van der Waals surface area contributed by atoms with Gasteiger partial charge in [-0.25, -0.2) is 0 Å². The van der Waals surface area contributed by atoms with Crippen molar-refractivity contribution in [1.29, 1.82) is 0 Å². The Hall–Kier alpha value is -3.00. The Labute approximate surface area is 166 Å². The van der Waals surface area contributed by atoms with E-state index in [0.717, 1.165) is 5.56 Å². The first-order chi connectivity index (χ1) is 13.9. The van der Waals surface area contributed by atoms with E-state index < -0.39 is 25.3 Å². The maximum Gasteiger partial charge on any atom is 0.411 e.